The third-order valence-electron chi connectivity index (χ3n) is 3.54. The van der Waals surface area contributed by atoms with Crippen molar-refractivity contribution in [2.75, 3.05) is 11.9 Å². The third-order valence-corrected chi connectivity index (χ3v) is 3.54. The average molecular weight is 323 g/mol. The number of imidazole rings is 1. The number of aryl methyl sites for hydroxylation is 1. The zero-order chi connectivity index (χ0) is 17.1. The van der Waals surface area contributed by atoms with Crippen LogP contribution >= 0.6 is 0 Å². The lowest BCUT2D eigenvalue weighted by atomic mass is 10.1. The molecule has 0 aliphatic carbocycles. The Kier molecular flexibility index (Phi) is 4.29. The molecule has 0 fully saturated rings. The number of esters is 1. The highest BCUT2D eigenvalue weighted by atomic mass is 16.5. The van der Waals surface area contributed by atoms with E-state index in [2.05, 4.69) is 10.3 Å². The molecule has 2 aromatic heterocycles. The second kappa shape index (κ2) is 6.54. The van der Waals surface area contributed by atoms with Crippen LogP contribution in [0, 0.1) is 6.92 Å². The lowest BCUT2D eigenvalue weighted by molar-refractivity contribution is 0.0521. The molecule has 0 aliphatic heterocycles. The fourth-order valence-electron chi connectivity index (χ4n) is 2.34. The Morgan fingerprint density at radius 1 is 1.17 bits per heavy atom. The summed E-state index contributed by atoms with van der Waals surface area (Å²) >= 11 is 0. The van der Waals surface area contributed by atoms with Gasteiger partial charge in [0.2, 0.25) is 0 Å². The minimum Gasteiger partial charge on any atom is -0.461 e. The van der Waals surface area contributed by atoms with Crippen LogP contribution in [0.25, 0.3) is 5.65 Å². The number of hydrogen-bond acceptors (Lipinski definition) is 4. The van der Waals surface area contributed by atoms with Crippen LogP contribution in [0.3, 0.4) is 0 Å². The van der Waals surface area contributed by atoms with E-state index in [4.69, 9.17) is 4.74 Å². The van der Waals surface area contributed by atoms with E-state index in [9.17, 15) is 9.59 Å². The maximum absolute atomic E-state index is 12.5. The van der Waals surface area contributed by atoms with E-state index in [0.29, 0.717) is 17.0 Å². The Morgan fingerprint density at radius 2 is 1.92 bits per heavy atom. The molecule has 0 spiro atoms. The Labute approximate surface area is 139 Å². The van der Waals surface area contributed by atoms with Gasteiger partial charge in [0.1, 0.15) is 5.65 Å². The smallest absolute Gasteiger partial charge is 0.360 e. The highest BCUT2D eigenvalue weighted by Crippen LogP contribution is 2.20. The maximum Gasteiger partial charge on any atom is 0.360 e. The van der Waals surface area contributed by atoms with Crippen LogP contribution < -0.4 is 5.32 Å². The minimum absolute atomic E-state index is 0.0866. The molecule has 2 heterocycles. The van der Waals surface area contributed by atoms with Gasteiger partial charge >= 0.3 is 5.97 Å². The van der Waals surface area contributed by atoms with E-state index < -0.39 is 5.97 Å². The van der Waals surface area contributed by atoms with Crippen molar-refractivity contribution in [3.63, 3.8) is 0 Å². The molecular formula is C18H17N3O3. The lowest BCUT2D eigenvalue weighted by Crippen LogP contribution is -2.17. The van der Waals surface area contributed by atoms with Gasteiger partial charge in [-0.15, -0.1) is 0 Å². The summed E-state index contributed by atoms with van der Waals surface area (Å²) in [5.41, 5.74) is 2.21. The molecule has 0 radical (unpaired) electrons. The molecule has 0 saturated heterocycles. The second-order valence-corrected chi connectivity index (χ2v) is 5.28. The molecule has 1 aromatic carbocycles. The maximum atomic E-state index is 12.5. The number of pyridine rings is 1. The molecule has 0 saturated carbocycles. The minimum atomic E-state index is -0.569. The number of carbonyl (C=O) groups is 2. The number of carbonyl (C=O) groups excluding carboxylic acids is 2. The molecule has 0 unspecified atom stereocenters. The van der Waals surface area contributed by atoms with Crippen LogP contribution in [0.4, 0.5) is 5.82 Å². The standard InChI is InChI=1S/C18H17N3O3/c1-3-24-18(23)15-16(21-11-5-4-6-14(21)19-15)20-17(22)13-9-7-12(2)8-10-13/h4-11H,3H2,1-2H3,(H,20,22). The molecule has 1 N–H and O–H groups in total. The predicted molar refractivity (Wildman–Crippen MR) is 90.3 cm³/mol. The third kappa shape index (κ3) is 2.99. The fraction of sp³-hybridized carbons (Fsp3) is 0.167. The van der Waals surface area contributed by atoms with E-state index in [1.165, 1.54) is 0 Å². The van der Waals surface area contributed by atoms with Gasteiger partial charge in [0.15, 0.2) is 11.5 Å². The average Bonchev–Trinajstić information content (AvgIpc) is 2.94. The van der Waals surface area contributed by atoms with Gasteiger partial charge in [-0.25, -0.2) is 9.78 Å². The van der Waals surface area contributed by atoms with Gasteiger partial charge in [-0.1, -0.05) is 23.8 Å². The van der Waals surface area contributed by atoms with E-state index >= 15 is 0 Å². The van der Waals surface area contributed by atoms with Crippen LogP contribution in [0.2, 0.25) is 0 Å². The fourth-order valence-corrected chi connectivity index (χ4v) is 2.34. The van der Waals surface area contributed by atoms with Gasteiger partial charge in [0.05, 0.1) is 6.61 Å². The molecule has 6 nitrogen and oxygen atoms in total. The summed E-state index contributed by atoms with van der Waals surface area (Å²) in [6.07, 6.45) is 1.73. The van der Waals surface area contributed by atoms with E-state index in [1.54, 1.807) is 41.8 Å². The summed E-state index contributed by atoms with van der Waals surface area (Å²) < 4.78 is 6.69. The van der Waals surface area contributed by atoms with Crippen molar-refractivity contribution in [2.45, 2.75) is 13.8 Å². The summed E-state index contributed by atoms with van der Waals surface area (Å²) in [6, 6.07) is 12.5. The molecule has 24 heavy (non-hydrogen) atoms. The van der Waals surface area contributed by atoms with Crippen molar-refractivity contribution in [1.29, 1.82) is 0 Å². The largest absolute Gasteiger partial charge is 0.461 e. The van der Waals surface area contributed by atoms with Crippen molar-refractivity contribution >= 4 is 23.3 Å². The number of nitrogens with one attached hydrogen (secondary N) is 1. The summed E-state index contributed by atoms with van der Waals surface area (Å²) in [7, 11) is 0. The summed E-state index contributed by atoms with van der Waals surface area (Å²) in [5.74, 6) is -0.582. The van der Waals surface area contributed by atoms with Gasteiger partial charge in [-0.05, 0) is 38.1 Å². The van der Waals surface area contributed by atoms with Gasteiger partial charge in [0.25, 0.3) is 5.91 Å². The Balaban J connectivity index is 2.00. The number of rotatable bonds is 4. The number of benzene rings is 1. The van der Waals surface area contributed by atoms with Crippen molar-refractivity contribution < 1.29 is 14.3 Å². The second-order valence-electron chi connectivity index (χ2n) is 5.28. The highest BCUT2D eigenvalue weighted by molar-refractivity contribution is 6.07. The zero-order valence-corrected chi connectivity index (χ0v) is 13.4. The number of aromatic nitrogens is 2. The molecular weight excluding hydrogens is 306 g/mol. The van der Waals surface area contributed by atoms with E-state index in [-0.39, 0.29) is 18.2 Å². The summed E-state index contributed by atoms with van der Waals surface area (Å²) in [4.78, 5) is 28.9. The van der Waals surface area contributed by atoms with Crippen molar-refractivity contribution in [3.05, 3.63) is 65.5 Å². The number of nitrogens with zero attached hydrogens (tertiary/aromatic N) is 2. The number of hydrogen-bond donors (Lipinski definition) is 1. The van der Waals surface area contributed by atoms with Crippen molar-refractivity contribution in [1.82, 2.24) is 9.38 Å². The normalized spacial score (nSPS) is 10.6. The van der Waals surface area contributed by atoms with Crippen LogP contribution in [0.5, 0.6) is 0 Å². The zero-order valence-electron chi connectivity index (χ0n) is 13.4. The Hall–Kier alpha value is -3.15. The summed E-state index contributed by atoms with van der Waals surface area (Å²) in [6.45, 7) is 3.90. The lowest BCUT2D eigenvalue weighted by Gasteiger charge is -2.07. The molecule has 6 heteroatoms. The van der Waals surface area contributed by atoms with Crippen LogP contribution in [-0.4, -0.2) is 27.9 Å². The first-order valence-electron chi connectivity index (χ1n) is 7.62. The Bertz CT molecular complexity index is 898. The Morgan fingerprint density at radius 3 is 2.62 bits per heavy atom. The van der Waals surface area contributed by atoms with E-state index in [0.717, 1.165) is 5.56 Å². The molecule has 1 amide bonds. The monoisotopic (exact) mass is 323 g/mol. The molecule has 3 aromatic rings. The first-order valence-corrected chi connectivity index (χ1v) is 7.62. The molecule has 122 valence electrons. The number of ether oxygens (including phenoxy) is 1. The highest BCUT2D eigenvalue weighted by Gasteiger charge is 2.22. The first kappa shape index (κ1) is 15.7. The number of fused-ring (bicyclic) bond motifs is 1. The number of amides is 1. The topological polar surface area (TPSA) is 72.7 Å². The van der Waals surface area contributed by atoms with Crippen LogP contribution in [0.15, 0.2) is 48.7 Å². The SMILES string of the molecule is CCOC(=O)c1nc2ccccn2c1NC(=O)c1ccc(C)cc1. The van der Waals surface area contributed by atoms with Crippen molar-refractivity contribution in [2.24, 2.45) is 0 Å². The van der Waals surface area contributed by atoms with E-state index in [1.807, 2.05) is 25.1 Å². The first-order chi connectivity index (χ1) is 11.6. The summed E-state index contributed by atoms with van der Waals surface area (Å²) in [5, 5.41) is 2.77. The van der Waals surface area contributed by atoms with Gasteiger partial charge in [-0.3, -0.25) is 9.20 Å². The quantitative estimate of drug-likeness (QED) is 0.749. The molecule has 3 rings (SSSR count). The van der Waals surface area contributed by atoms with Gasteiger partial charge < -0.3 is 10.1 Å². The van der Waals surface area contributed by atoms with Crippen molar-refractivity contribution in [3.8, 4) is 0 Å². The van der Waals surface area contributed by atoms with Gasteiger partial charge in [0, 0.05) is 11.8 Å². The molecule has 0 atom stereocenters. The van der Waals surface area contributed by atoms with Gasteiger partial charge in [-0.2, -0.15) is 0 Å². The molecule has 0 bridgehead atoms. The van der Waals surface area contributed by atoms with Crippen LogP contribution in [-0.2, 0) is 4.74 Å². The number of anilines is 1. The molecule has 0 aliphatic rings. The van der Waals surface area contributed by atoms with Crippen LogP contribution in [0.1, 0.15) is 33.3 Å². The predicted octanol–water partition coefficient (Wildman–Crippen LogP) is 3.07.